The summed E-state index contributed by atoms with van der Waals surface area (Å²) >= 11 is 0. The van der Waals surface area contributed by atoms with E-state index >= 15 is 0 Å². The van der Waals surface area contributed by atoms with Crippen LogP contribution in [-0.2, 0) is 0 Å². The van der Waals surface area contributed by atoms with E-state index in [1.165, 1.54) is 191 Å². The Morgan fingerprint density at radius 2 is 0.388 bits per heavy atom. The standard InChI is InChI=1S/C47H58B29N3O/c48-14-6-7(24(58)36(70)35(69)23(6)57)31(65)44-9(14)3-11(45-77-46(12-27(61)37(71)41(75)38(72)28(12)62)79-47(78-45)13-29(63)39(73)42(76)40(74)30(13)64)26(60)25(59)10(43(3)80-44)8-19(53)17(51)4(18(52)20(8)54)1-2-5(21(55)32(66)15(1)49)22(56)34(68)33(67)16(2)50/h48-76H2. The lowest BCUT2D eigenvalue weighted by Gasteiger charge is -2.29. The molecule has 0 atom stereocenters. The summed E-state index contributed by atoms with van der Waals surface area (Å²) in [5, 5.41) is 7.61. The average Bonchev–Trinajstić information content (AvgIpc) is 4.05. The quantitative estimate of drug-likeness (QED) is 0.161. The van der Waals surface area contributed by atoms with Crippen LogP contribution in [0.4, 0.5) is 0 Å². The van der Waals surface area contributed by atoms with E-state index in [0.717, 1.165) is 49.7 Å². The van der Waals surface area contributed by atoms with E-state index in [2.05, 4.69) is 228 Å². The highest BCUT2D eigenvalue weighted by Gasteiger charge is 2.32. The zero-order chi connectivity index (χ0) is 59.0. The first-order chi connectivity index (χ1) is 37.3. The fourth-order valence-corrected chi connectivity index (χ4v) is 15.0. The van der Waals surface area contributed by atoms with Crippen molar-refractivity contribution in [2.75, 3.05) is 0 Å². The van der Waals surface area contributed by atoms with Crippen molar-refractivity contribution in [1.82, 2.24) is 15.0 Å². The van der Waals surface area contributed by atoms with Gasteiger partial charge in [0.25, 0.3) is 0 Å². The van der Waals surface area contributed by atoms with Crippen molar-refractivity contribution in [3.05, 3.63) is 0 Å². The van der Waals surface area contributed by atoms with Crippen LogP contribution >= 0.6 is 0 Å². The van der Waals surface area contributed by atoms with Crippen LogP contribution in [-0.4, -0.2) is 242 Å². The van der Waals surface area contributed by atoms with Gasteiger partial charge in [-0.3, -0.25) is 0 Å². The van der Waals surface area contributed by atoms with Crippen molar-refractivity contribution in [2.24, 2.45) is 0 Å². The molecule has 10 aromatic rings. The van der Waals surface area contributed by atoms with Gasteiger partial charge >= 0.3 is 0 Å². The molecule has 0 aliphatic rings. The maximum absolute atomic E-state index is 7.81. The molecule has 10 rings (SSSR count). The van der Waals surface area contributed by atoms with E-state index in [1.807, 2.05) is 0 Å². The van der Waals surface area contributed by atoms with Crippen molar-refractivity contribution in [3.63, 3.8) is 0 Å². The number of furan rings is 1. The highest BCUT2D eigenvalue weighted by Crippen LogP contribution is 2.39. The van der Waals surface area contributed by atoms with E-state index in [-0.39, 0.29) is 0 Å². The van der Waals surface area contributed by atoms with Crippen LogP contribution in [0, 0.1) is 0 Å². The molecule has 0 bridgehead atoms. The summed E-state index contributed by atoms with van der Waals surface area (Å²) in [6.07, 6.45) is 0. The van der Waals surface area contributed by atoms with Gasteiger partial charge in [-0.25, -0.2) is 15.0 Å². The molecule has 0 aliphatic carbocycles. The average molecular weight is 995 g/mol. The van der Waals surface area contributed by atoms with Crippen LogP contribution in [0.15, 0.2) is 4.42 Å². The van der Waals surface area contributed by atoms with Crippen molar-refractivity contribution >= 4 is 429 Å². The molecular weight excluding hydrogens is 936 g/mol. The maximum Gasteiger partial charge on any atom is 0.164 e. The molecule has 0 saturated heterocycles. The number of nitrogens with zero attached hydrogens (tertiary/aromatic N) is 3. The van der Waals surface area contributed by atoms with Crippen molar-refractivity contribution < 1.29 is 4.42 Å². The molecule has 354 valence electrons. The second-order valence-corrected chi connectivity index (χ2v) is 25.1. The molecule has 0 amide bonds. The van der Waals surface area contributed by atoms with Gasteiger partial charge in [0.15, 0.2) is 17.5 Å². The van der Waals surface area contributed by atoms with Crippen molar-refractivity contribution in [1.29, 1.82) is 0 Å². The molecular formula is C47H58B29N3O. The molecule has 8 aromatic carbocycles. The van der Waals surface area contributed by atoms with Gasteiger partial charge in [-0.05, 0) is 43.7 Å². The van der Waals surface area contributed by atoms with Gasteiger partial charge in [0.05, 0.1) is 0 Å². The molecule has 0 saturated carbocycles. The summed E-state index contributed by atoms with van der Waals surface area (Å²) in [6.45, 7) is 0. The number of hydrogen-bond donors (Lipinski definition) is 0. The molecule has 0 unspecified atom stereocenters. The summed E-state index contributed by atoms with van der Waals surface area (Å²) in [5.41, 5.74) is 47.5. The van der Waals surface area contributed by atoms with Crippen LogP contribution in [0.2, 0.25) is 0 Å². The zero-order valence-electron chi connectivity index (χ0n) is 54.2. The van der Waals surface area contributed by atoms with E-state index in [1.54, 1.807) is 0 Å². The van der Waals surface area contributed by atoms with E-state index in [9.17, 15) is 0 Å². The molecule has 33 heteroatoms. The third kappa shape index (κ3) is 7.88. The first kappa shape index (κ1) is 58.2. The lowest BCUT2D eigenvalue weighted by atomic mass is 9.56. The van der Waals surface area contributed by atoms with Crippen molar-refractivity contribution in [2.45, 2.75) is 0 Å². The lowest BCUT2D eigenvalue weighted by Crippen LogP contribution is -2.55. The molecule has 2 aromatic heterocycles. The number of fused-ring (bicyclic) bond motifs is 5. The van der Waals surface area contributed by atoms with Gasteiger partial charge in [-0.1, -0.05) is 92.9 Å². The Kier molecular flexibility index (Phi) is 14.6. The van der Waals surface area contributed by atoms with Crippen LogP contribution in [0.3, 0.4) is 0 Å². The van der Waals surface area contributed by atoms with Crippen LogP contribution in [0.1, 0.15) is 0 Å². The van der Waals surface area contributed by atoms with Crippen LogP contribution in [0.5, 0.6) is 0 Å². The summed E-state index contributed by atoms with van der Waals surface area (Å²) in [5.74, 6) is 2.08. The minimum atomic E-state index is 0.670. The monoisotopic (exact) mass is 1000 g/mol. The fraction of sp³-hybridized carbons (Fsp3) is 0. The second kappa shape index (κ2) is 20.1. The lowest BCUT2D eigenvalue weighted by molar-refractivity contribution is 0.673. The van der Waals surface area contributed by atoms with Gasteiger partial charge in [-0.2, -0.15) is 0 Å². The third-order valence-corrected chi connectivity index (χ3v) is 22.1. The Morgan fingerprint density at radius 3 is 0.775 bits per heavy atom. The number of benzene rings is 8. The highest BCUT2D eigenvalue weighted by atomic mass is 16.3. The highest BCUT2D eigenvalue weighted by molar-refractivity contribution is 6.76. The van der Waals surface area contributed by atoms with Gasteiger partial charge in [0, 0.05) is 33.0 Å². The van der Waals surface area contributed by atoms with E-state index in [4.69, 9.17) is 19.4 Å². The Bertz CT molecular complexity index is 4410. The molecule has 80 heavy (non-hydrogen) atoms. The maximum atomic E-state index is 7.81. The molecule has 4 nitrogen and oxygen atoms in total. The topological polar surface area (TPSA) is 51.8 Å². The first-order valence-electron chi connectivity index (χ1n) is 29.2. The number of rotatable bonds is 5. The first-order valence-corrected chi connectivity index (χ1v) is 29.2. The predicted octanol–water partition coefficient (Wildman–Crippen LogP) is -38.1. The summed E-state index contributed by atoms with van der Waals surface area (Å²) in [7, 11) is 66.7. The third-order valence-electron chi connectivity index (χ3n) is 22.1. The molecule has 2 heterocycles. The summed E-state index contributed by atoms with van der Waals surface area (Å²) in [4.78, 5) is 17.2. The van der Waals surface area contributed by atoms with Crippen LogP contribution < -0.4 is 158 Å². The minimum Gasteiger partial charge on any atom is -0.456 e. The minimum absolute atomic E-state index is 0.670. The number of aromatic nitrogens is 3. The van der Waals surface area contributed by atoms with E-state index < -0.39 is 0 Å². The van der Waals surface area contributed by atoms with Gasteiger partial charge in [-0.15, -0.1) is 60.1 Å². The van der Waals surface area contributed by atoms with Crippen LogP contribution in [0.25, 0.3) is 99.9 Å². The fourth-order valence-electron chi connectivity index (χ4n) is 15.0. The van der Waals surface area contributed by atoms with Crippen molar-refractivity contribution in [3.8, 4) is 56.4 Å². The Morgan fingerprint density at radius 1 is 0.150 bits per heavy atom. The van der Waals surface area contributed by atoms with Gasteiger partial charge in [0.1, 0.15) is 239 Å². The molecule has 0 fully saturated rings. The molecule has 0 N–H and O–H groups in total. The molecule has 0 radical (unpaired) electrons. The summed E-state index contributed by atoms with van der Waals surface area (Å²) < 4.78 is 7.81. The zero-order valence-corrected chi connectivity index (χ0v) is 54.2. The molecule has 0 spiro atoms. The Balaban J connectivity index is 1.43. The largest absolute Gasteiger partial charge is 0.456 e. The Hall–Kier alpha value is -5.03. The molecule has 0 aliphatic heterocycles. The smallest absolute Gasteiger partial charge is 0.164 e. The Labute approximate surface area is 501 Å². The predicted molar refractivity (Wildman–Crippen MR) is 446 cm³/mol. The van der Waals surface area contributed by atoms with Gasteiger partial charge < -0.3 is 4.42 Å². The second-order valence-electron chi connectivity index (χ2n) is 25.1. The number of hydrogen-bond acceptors (Lipinski definition) is 4. The normalized spacial score (nSPS) is 11.7. The van der Waals surface area contributed by atoms with Gasteiger partial charge in [0.2, 0.25) is 0 Å². The SMILES string of the molecule is Bc1c(B)c(B)c(-c2nc(-c3c(B)c(B)c(B)c(B)c3B)nc(-c3c(B)c(B)c(-c4c(B)c(B)c(-c5c(B)c(B)c(B)c6c(B)c(B)c(B)c(B)c56)c(B)c4B)c4oc5c(B)c6c(B)c(B)c(B)c(B)c6c(B)c5c34)n2)c(B)c1B. The van der Waals surface area contributed by atoms with E-state index in [0.29, 0.717) is 17.5 Å². The summed E-state index contributed by atoms with van der Waals surface area (Å²) in [6, 6.07) is 0.